The van der Waals surface area contributed by atoms with Gasteiger partial charge in [-0.25, -0.2) is 0 Å². The Labute approximate surface area is 200 Å². The molecular weight excluding hydrogens is 503 g/mol. The Bertz CT molecular complexity index is 1130. The molecule has 2 fully saturated rings. The van der Waals surface area contributed by atoms with Crippen molar-refractivity contribution in [3.8, 4) is 0 Å². The molecule has 36 heavy (non-hydrogen) atoms. The Morgan fingerprint density at radius 2 is 1.42 bits per heavy atom. The number of hydrogen-bond donors (Lipinski definition) is 0. The second-order valence-corrected chi connectivity index (χ2v) is 9.14. The van der Waals surface area contributed by atoms with Crippen LogP contribution < -0.4 is 4.90 Å². The van der Waals surface area contributed by atoms with E-state index in [1.807, 2.05) is 0 Å². The molecule has 3 nitrogen and oxygen atoms in total. The Hall–Kier alpha value is -2.92. The Kier molecular flexibility index (Phi) is 6.24. The summed E-state index contributed by atoms with van der Waals surface area (Å²) in [4.78, 5) is 15.1. The molecule has 2 aromatic rings. The van der Waals surface area contributed by atoms with Crippen LogP contribution in [0.2, 0.25) is 0 Å². The summed E-state index contributed by atoms with van der Waals surface area (Å²) in [6.07, 6.45) is -15.1. The number of aryl methyl sites for hydroxylation is 1. The molecule has 1 saturated carbocycles. The maximum absolute atomic E-state index is 14.1. The Morgan fingerprint density at radius 3 is 1.92 bits per heavy atom. The highest BCUT2D eigenvalue weighted by atomic mass is 19.4. The third-order valence-corrected chi connectivity index (χ3v) is 6.87. The van der Waals surface area contributed by atoms with Crippen molar-refractivity contribution >= 4 is 11.6 Å². The van der Waals surface area contributed by atoms with Crippen molar-refractivity contribution < 1.29 is 44.3 Å². The van der Waals surface area contributed by atoms with E-state index in [4.69, 9.17) is 0 Å². The maximum atomic E-state index is 14.1. The summed E-state index contributed by atoms with van der Waals surface area (Å²) in [6.45, 7) is 0.362. The lowest BCUT2D eigenvalue weighted by Gasteiger charge is -2.39. The quantitative estimate of drug-likeness (QED) is 0.433. The van der Waals surface area contributed by atoms with Gasteiger partial charge in [-0.1, -0.05) is 29.8 Å². The first-order valence-electron chi connectivity index (χ1n) is 11.0. The van der Waals surface area contributed by atoms with Gasteiger partial charge in [-0.2, -0.15) is 39.5 Å². The smallest absolute Gasteiger partial charge is 0.367 e. The van der Waals surface area contributed by atoms with Crippen LogP contribution in [0.25, 0.3) is 0 Å². The van der Waals surface area contributed by atoms with E-state index in [-0.39, 0.29) is 26.2 Å². The number of halogens is 9. The van der Waals surface area contributed by atoms with Crippen LogP contribution in [0, 0.1) is 12.3 Å². The second-order valence-electron chi connectivity index (χ2n) is 9.14. The van der Waals surface area contributed by atoms with Gasteiger partial charge in [-0.15, -0.1) is 0 Å². The van der Waals surface area contributed by atoms with Gasteiger partial charge in [0, 0.05) is 37.8 Å². The summed E-state index contributed by atoms with van der Waals surface area (Å²) >= 11 is 0. The van der Waals surface area contributed by atoms with Crippen LogP contribution in [0.3, 0.4) is 0 Å². The molecule has 12 heteroatoms. The van der Waals surface area contributed by atoms with Gasteiger partial charge < -0.3 is 9.80 Å². The first kappa shape index (κ1) is 26.2. The second kappa shape index (κ2) is 8.58. The summed E-state index contributed by atoms with van der Waals surface area (Å²) in [7, 11) is 0. The highest BCUT2D eigenvalue weighted by Gasteiger charge is 2.76. The molecule has 0 N–H and O–H groups in total. The molecule has 1 aliphatic carbocycles. The van der Waals surface area contributed by atoms with Crippen LogP contribution in [-0.2, 0) is 17.1 Å². The lowest BCUT2D eigenvalue weighted by atomic mass is 9.95. The zero-order valence-electron chi connectivity index (χ0n) is 18.9. The monoisotopic (exact) mass is 524 g/mol. The van der Waals surface area contributed by atoms with Gasteiger partial charge in [0.15, 0.2) is 5.41 Å². The molecule has 0 spiro atoms. The topological polar surface area (TPSA) is 23.6 Å². The highest BCUT2D eigenvalue weighted by Crippen LogP contribution is 2.68. The van der Waals surface area contributed by atoms with Crippen molar-refractivity contribution in [3.05, 3.63) is 64.7 Å². The normalized spacial score (nSPS) is 23.1. The predicted molar refractivity (Wildman–Crippen MR) is 112 cm³/mol. The fourth-order valence-electron chi connectivity index (χ4n) is 4.78. The standard InChI is InChI=1S/C24H21F9N2O/c1-14-2-4-15(5-3-14)18-13-21(18,24(31,32)33)20(36)35-10-8-34(9-11-35)19-12-16(22(25,26)27)6-7-17(19)23(28,29)30/h2-7,12,18H,8-11,13H2,1H3/t18-,21+/m1/s1. The van der Waals surface area contributed by atoms with Crippen molar-refractivity contribution in [1.82, 2.24) is 4.90 Å². The lowest BCUT2D eigenvalue weighted by molar-refractivity contribution is -0.200. The molecule has 2 atom stereocenters. The van der Waals surface area contributed by atoms with E-state index in [1.54, 1.807) is 19.1 Å². The molecule has 1 amide bonds. The highest BCUT2D eigenvalue weighted by molar-refractivity contribution is 5.89. The fourth-order valence-corrected chi connectivity index (χ4v) is 4.78. The number of amides is 1. The van der Waals surface area contributed by atoms with Crippen molar-refractivity contribution in [2.24, 2.45) is 5.41 Å². The molecule has 0 aromatic heterocycles. The van der Waals surface area contributed by atoms with E-state index in [9.17, 15) is 44.3 Å². The number of anilines is 1. The molecule has 4 rings (SSSR count). The van der Waals surface area contributed by atoms with E-state index in [0.717, 1.165) is 15.4 Å². The molecule has 1 aliphatic heterocycles. The van der Waals surface area contributed by atoms with Crippen LogP contribution in [0.5, 0.6) is 0 Å². The van der Waals surface area contributed by atoms with Gasteiger partial charge >= 0.3 is 18.5 Å². The lowest BCUT2D eigenvalue weighted by Crippen LogP contribution is -2.53. The number of carbonyl (C=O) groups excluding carboxylic acids is 1. The van der Waals surface area contributed by atoms with Crippen LogP contribution in [0.1, 0.15) is 34.6 Å². The Morgan fingerprint density at radius 1 is 0.833 bits per heavy atom. The zero-order chi connectivity index (χ0) is 26.7. The van der Waals surface area contributed by atoms with Crippen molar-refractivity contribution in [1.29, 1.82) is 0 Å². The zero-order valence-corrected chi connectivity index (χ0v) is 18.9. The van der Waals surface area contributed by atoms with Crippen LogP contribution >= 0.6 is 0 Å². The van der Waals surface area contributed by atoms with Gasteiger partial charge in [-0.05, 0) is 37.1 Å². The third kappa shape index (κ3) is 4.61. The molecule has 196 valence electrons. The number of carbonyl (C=O) groups is 1. The summed E-state index contributed by atoms with van der Waals surface area (Å²) in [5.41, 5.74) is -4.71. The molecule has 0 radical (unpaired) electrons. The summed E-state index contributed by atoms with van der Waals surface area (Å²) in [5.74, 6) is -2.25. The van der Waals surface area contributed by atoms with Crippen molar-refractivity contribution in [2.75, 3.05) is 31.1 Å². The largest absolute Gasteiger partial charge is 0.418 e. The fraction of sp³-hybridized carbons (Fsp3) is 0.458. The summed E-state index contributed by atoms with van der Waals surface area (Å²) in [6, 6.07) is 7.40. The minimum Gasteiger partial charge on any atom is -0.367 e. The van der Waals surface area contributed by atoms with Gasteiger partial charge in [-0.3, -0.25) is 4.79 Å². The van der Waals surface area contributed by atoms with Gasteiger partial charge in [0.2, 0.25) is 5.91 Å². The molecular formula is C24H21F9N2O. The van der Waals surface area contributed by atoms with E-state index in [2.05, 4.69) is 0 Å². The summed E-state index contributed by atoms with van der Waals surface area (Å²) < 4.78 is 122. The number of benzene rings is 2. The van der Waals surface area contributed by atoms with Crippen LogP contribution in [0.15, 0.2) is 42.5 Å². The third-order valence-electron chi connectivity index (χ3n) is 6.87. The van der Waals surface area contributed by atoms with E-state index in [1.165, 1.54) is 12.1 Å². The molecule has 2 aromatic carbocycles. The average Bonchev–Trinajstić information content (AvgIpc) is 3.55. The van der Waals surface area contributed by atoms with Crippen molar-refractivity contribution in [2.45, 2.75) is 37.8 Å². The average molecular weight is 524 g/mol. The maximum Gasteiger partial charge on any atom is 0.418 e. The van der Waals surface area contributed by atoms with Crippen molar-refractivity contribution in [3.63, 3.8) is 0 Å². The number of hydrogen-bond acceptors (Lipinski definition) is 2. The van der Waals surface area contributed by atoms with E-state index >= 15 is 0 Å². The SMILES string of the molecule is Cc1ccc([C@H]2C[C@]2(C(=O)N2CCN(c3cc(C(F)(F)F)ccc3C(F)(F)F)CC2)C(F)(F)F)cc1. The van der Waals surface area contributed by atoms with E-state index < -0.39 is 59.0 Å². The minimum atomic E-state index is -4.94. The first-order chi connectivity index (χ1) is 16.6. The van der Waals surface area contributed by atoms with E-state index in [0.29, 0.717) is 23.8 Å². The van der Waals surface area contributed by atoms with Crippen LogP contribution in [0.4, 0.5) is 45.2 Å². The number of rotatable bonds is 3. The minimum absolute atomic E-state index is 0.331. The predicted octanol–water partition coefficient (Wildman–Crippen LogP) is 6.42. The first-order valence-corrected chi connectivity index (χ1v) is 11.0. The Balaban J connectivity index is 1.55. The molecule has 0 unspecified atom stereocenters. The number of piperazine rings is 1. The van der Waals surface area contributed by atoms with Gasteiger partial charge in [0.05, 0.1) is 11.1 Å². The van der Waals surface area contributed by atoms with Gasteiger partial charge in [0.1, 0.15) is 0 Å². The molecule has 2 aliphatic rings. The molecule has 0 bridgehead atoms. The molecule has 1 saturated heterocycles. The van der Waals surface area contributed by atoms with Gasteiger partial charge in [0.25, 0.3) is 0 Å². The van der Waals surface area contributed by atoms with Crippen LogP contribution in [-0.4, -0.2) is 43.2 Å². The summed E-state index contributed by atoms with van der Waals surface area (Å²) in [5, 5.41) is 0. The number of alkyl halides is 9. The number of nitrogens with zero attached hydrogens (tertiary/aromatic N) is 2. The molecule has 1 heterocycles.